The van der Waals surface area contributed by atoms with Gasteiger partial charge in [-0.2, -0.15) is 0 Å². The van der Waals surface area contributed by atoms with Crippen molar-refractivity contribution in [1.29, 1.82) is 0 Å². The second-order valence-electron chi connectivity index (χ2n) is 5.45. The third-order valence-electron chi connectivity index (χ3n) is 4.20. The Kier molecular flexibility index (Phi) is 3.12. The lowest BCUT2D eigenvalue weighted by Crippen LogP contribution is -2.04. The molecule has 0 saturated carbocycles. The van der Waals surface area contributed by atoms with E-state index in [1.165, 1.54) is 17.9 Å². The number of hydrogen-bond donors (Lipinski definition) is 1. The van der Waals surface area contributed by atoms with Crippen molar-refractivity contribution < 1.29 is 9.53 Å². The summed E-state index contributed by atoms with van der Waals surface area (Å²) in [6.45, 7) is 0. The molecule has 1 aliphatic rings. The molecule has 23 heavy (non-hydrogen) atoms. The standard InChI is InChI=1S/C20H15NO2/c1-23-20(22)17-7-3-2-6-14(17)15-10-9-13-5-4-8-18-19(13)16(15)11-12-21-18/h2-12,21H,1H3. The van der Waals surface area contributed by atoms with Crippen molar-refractivity contribution in [3.63, 3.8) is 0 Å². The quantitative estimate of drug-likeness (QED) is 0.698. The van der Waals surface area contributed by atoms with Crippen LogP contribution in [0.1, 0.15) is 15.9 Å². The van der Waals surface area contributed by atoms with Gasteiger partial charge in [-0.15, -0.1) is 0 Å². The molecule has 0 amide bonds. The lowest BCUT2D eigenvalue weighted by atomic mass is 9.90. The van der Waals surface area contributed by atoms with Gasteiger partial charge < -0.3 is 10.1 Å². The van der Waals surface area contributed by atoms with Gasteiger partial charge in [0.05, 0.1) is 12.7 Å². The number of carbonyl (C=O) groups is 1. The van der Waals surface area contributed by atoms with Gasteiger partial charge in [-0.05, 0) is 40.3 Å². The van der Waals surface area contributed by atoms with Gasteiger partial charge in [0.15, 0.2) is 0 Å². The van der Waals surface area contributed by atoms with Crippen LogP contribution < -0.4 is 5.32 Å². The van der Waals surface area contributed by atoms with E-state index in [4.69, 9.17) is 4.74 Å². The molecule has 3 aromatic rings. The summed E-state index contributed by atoms with van der Waals surface area (Å²) in [5.74, 6) is -0.320. The topological polar surface area (TPSA) is 38.3 Å². The maximum Gasteiger partial charge on any atom is 0.338 e. The first-order valence-corrected chi connectivity index (χ1v) is 7.46. The van der Waals surface area contributed by atoms with Gasteiger partial charge in [0.25, 0.3) is 0 Å². The second kappa shape index (κ2) is 5.29. The smallest absolute Gasteiger partial charge is 0.338 e. The molecule has 3 aromatic carbocycles. The zero-order valence-corrected chi connectivity index (χ0v) is 12.7. The number of nitrogens with one attached hydrogen (secondary N) is 1. The predicted molar refractivity (Wildman–Crippen MR) is 93.4 cm³/mol. The van der Waals surface area contributed by atoms with Gasteiger partial charge in [0.1, 0.15) is 0 Å². The van der Waals surface area contributed by atoms with Crippen LogP contribution in [0.3, 0.4) is 0 Å². The SMILES string of the molecule is COC(=O)c1ccccc1-c1ccc2cccc3c2c1C=CN3. The number of hydrogen-bond acceptors (Lipinski definition) is 3. The molecule has 0 spiro atoms. The van der Waals surface area contributed by atoms with E-state index in [0.29, 0.717) is 5.56 Å². The third-order valence-corrected chi connectivity index (χ3v) is 4.20. The minimum absolute atomic E-state index is 0.320. The van der Waals surface area contributed by atoms with Crippen molar-refractivity contribution in [3.05, 3.63) is 71.9 Å². The molecule has 4 rings (SSSR count). The van der Waals surface area contributed by atoms with Crippen LogP contribution >= 0.6 is 0 Å². The Bertz CT molecular complexity index is 957. The van der Waals surface area contributed by atoms with Gasteiger partial charge in [-0.25, -0.2) is 4.79 Å². The average Bonchev–Trinajstić information content (AvgIpc) is 2.62. The molecule has 3 nitrogen and oxygen atoms in total. The number of ether oxygens (including phenoxy) is 1. The molecular weight excluding hydrogens is 286 g/mol. The first-order chi connectivity index (χ1) is 11.3. The molecule has 0 fully saturated rings. The molecular formula is C20H15NO2. The summed E-state index contributed by atoms with van der Waals surface area (Å²) in [4.78, 5) is 12.1. The zero-order valence-electron chi connectivity index (χ0n) is 12.7. The fourth-order valence-corrected chi connectivity index (χ4v) is 3.16. The molecule has 0 atom stereocenters. The summed E-state index contributed by atoms with van der Waals surface area (Å²) < 4.78 is 4.93. The molecule has 0 bridgehead atoms. The molecule has 112 valence electrons. The van der Waals surface area contributed by atoms with Crippen molar-refractivity contribution in [3.8, 4) is 11.1 Å². The van der Waals surface area contributed by atoms with E-state index in [1.54, 1.807) is 6.07 Å². The number of esters is 1. The van der Waals surface area contributed by atoms with Crippen LogP contribution in [0, 0.1) is 0 Å². The maximum atomic E-state index is 12.1. The number of rotatable bonds is 2. The number of methoxy groups -OCH3 is 1. The Balaban J connectivity index is 2.04. The van der Waals surface area contributed by atoms with Crippen LogP contribution in [0.2, 0.25) is 0 Å². The van der Waals surface area contributed by atoms with Crippen LogP contribution in [0.15, 0.2) is 60.8 Å². The Morgan fingerprint density at radius 1 is 0.957 bits per heavy atom. The minimum atomic E-state index is -0.320. The van der Waals surface area contributed by atoms with Crippen LogP contribution in [0.4, 0.5) is 5.69 Å². The second-order valence-corrected chi connectivity index (χ2v) is 5.45. The molecule has 0 saturated heterocycles. The summed E-state index contributed by atoms with van der Waals surface area (Å²) in [5, 5.41) is 5.63. The largest absolute Gasteiger partial charge is 0.465 e. The average molecular weight is 301 g/mol. The maximum absolute atomic E-state index is 12.1. The molecule has 3 heteroatoms. The van der Waals surface area contributed by atoms with Gasteiger partial charge >= 0.3 is 5.97 Å². The summed E-state index contributed by atoms with van der Waals surface area (Å²) in [5.41, 5.74) is 4.70. The number of anilines is 1. The molecule has 0 unspecified atom stereocenters. The van der Waals surface area contributed by atoms with E-state index in [9.17, 15) is 4.79 Å². The Labute approximate surface area is 134 Å². The van der Waals surface area contributed by atoms with Crippen LogP contribution in [-0.2, 0) is 4.74 Å². The Morgan fingerprint density at radius 2 is 1.83 bits per heavy atom. The summed E-state index contributed by atoms with van der Waals surface area (Å²) in [6.07, 6.45) is 3.99. The van der Waals surface area contributed by atoms with E-state index < -0.39 is 0 Å². The zero-order chi connectivity index (χ0) is 15.8. The van der Waals surface area contributed by atoms with E-state index in [-0.39, 0.29) is 5.97 Å². The summed E-state index contributed by atoms with van der Waals surface area (Å²) in [7, 11) is 1.41. The highest BCUT2D eigenvalue weighted by Crippen LogP contribution is 2.38. The van der Waals surface area contributed by atoms with E-state index in [2.05, 4.69) is 35.7 Å². The van der Waals surface area contributed by atoms with Gasteiger partial charge in [-0.3, -0.25) is 0 Å². The van der Waals surface area contributed by atoms with Crippen molar-refractivity contribution >= 4 is 28.5 Å². The van der Waals surface area contributed by atoms with Crippen molar-refractivity contribution in [2.45, 2.75) is 0 Å². The lowest BCUT2D eigenvalue weighted by Gasteiger charge is -2.18. The van der Waals surface area contributed by atoms with Crippen LogP contribution in [0.5, 0.6) is 0 Å². The molecule has 0 aromatic heterocycles. The Morgan fingerprint density at radius 3 is 2.70 bits per heavy atom. The van der Waals surface area contributed by atoms with Crippen LogP contribution in [-0.4, -0.2) is 13.1 Å². The molecule has 0 aliphatic carbocycles. The highest BCUT2D eigenvalue weighted by atomic mass is 16.5. The van der Waals surface area contributed by atoms with E-state index in [1.807, 2.05) is 30.5 Å². The number of carbonyl (C=O) groups excluding carboxylic acids is 1. The van der Waals surface area contributed by atoms with Crippen LogP contribution in [0.25, 0.3) is 28.0 Å². The number of benzene rings is 3. The predicted octanol–water partition coefficient (Wildman–Crippen LogP) is 4.69. The summed E-state index contributed by atoms with van der Waals surface area (Å²) >= 11 is 0. The first-order valence-electron chi connectivity index (χ1n) is 7.46. The lowest BCUT2D eigenvalue weighted by molar-refractivity contribution is 0.0601. The van der Waals surface area contributed by atoms with E-state index in [0.717, 1.165) is 22.4 Å². The van der Waals surface area contributed by atoms with E-state index >= 15 is 0 Å². The normalized spacial score (nSPS) is 12.0. The van der Waals surface area contributed by atoms with Gasteiger partial charge in [-0.1, -0.05) is 42.5 Å². The molecule has 1 aliphatic heterocycles. The monoisotopic (exact) mass is 301 g/mol. The van der Waals surface area contributed by atoms with Crippen molar-refractivity contribution in [2.75, 3.05) is 12.4 Å². The van der Waals surface area contributed by atoms with Crippen molar-refractivity contribution in [2.24, 2.45) is 0 Å². The fraction of sp³-hybridized carbons (Fsp3) is 0.0500. The fourth-order valence-electron chi connectivity index (χ4n) is 3.16. The molecule has 1 N–H and O–H groups in total. The van der Waals surface area contributed by atoms with Crippen molar-refractivity contribution in [1.82, 2.24) is 0 Å². The Hall–Kier alpha value is -3.07. The third kappa shape index (κ3) is 2.09. The minimum Gasteiger partial charge on any atom is -0.465 e. The van der Waals surface area contributed by atoms with Gasteiger partial charge in [0, 0.05) is 17.3 Å². The first kappa shape index (κ1) is 13.6. The highest BCUT2D eigenvalue weighted by molar-refractivity contribution is 6.08. The highest BCUT2D eigenvalue weighted by Gasteiger charge is 2.18. The van der Waals surface area contributed by atoms with Gasteiger partial charge in [0.2, 0.25) is 0 Å². The molecule has 0 radical (unpaired) electrons. The summed E-state index contributed by atoms with van der Waals surface area (Å²) in [6, 6.07) is 17.9. The molecule has 1 heterocycles.